The molecular weight excluding hydrogens is 434 g/mol. The molecule has 4 rings (SSSR count). The second-order valence-corrected chi connectivity index (χ2v) is 9.21. The normalized spacial score (nSPS) is 14.0. The van der Waals surface area contributed by atoms with Gasteiger partial charge in [-0.25, -0.2) is 14.8 Å². The maximum Gasteiger partial charge on any atom is 0.321 e. The average molecular weight is 464 g/mol. The molecule has 7 heteroatoms. The van der Waals surface area contributed by atoms with Crippen molar-refractivity contribution in [2.45, 2.75) is 33.6 Å². The summed E-state index contributed by atoms with van der Waals surface area (Å²) in [7, 11) is 0. The van der Waals surface area contributed by atoms with Gasteiger partial charge in [0.05, 0.1) is 0 Å². The number of nitrogens with one attached hydrogen (secondary N) is 1. The van der Waals surface area contributed by atoms with E-state index in [1.807, 2.05) is 48.2 Å². The second kappa shape index (κ2) is 9.79. The topological polar surface area (TPSA) is 61.4 Å². The summed E-state index contributed by atoms with van der Waals surface area (Å²) >= 11 is 6.03. The molecule has 33 heavy (non-hydrogen) atoms. The quantitative estimate of drug-likeness (QED) is 0.524. The van der Waals surface area contributed by atoms with E-state index >= 15 is 0 Å². The fourth-order valence-electron chi connectivity index (χ4n) is 3.92. The first-order valence-electron chi connectivity index (χ1n) is 11.3. The number of carbonyl (C=O) groups excluding carboxylic acids is 1. The predicted molar refractivity (Wildman–Crippen MR) is 135 cm³/mol. The summed E-state index contributed by atoms with van der Waals surface area (Å²) in [5, 5.41) is 3.71. The van der Waals surface area contributed by atoms with E-state index < -0.39 is 0 Å². The first kappa shape index (κ1) is 23.1. The number of rotatable bonds is 4. The van der Waals surface area contributed by atoms with Crippen molar-refractivity contribution in [1.29, 1.82) is 0 Å². The lowest BCUT2D eigenvalue weighted by molar-refractivity contribution is 0.208. The van der Waals surface area contributed by atoms with Gasteiger partial charge in [-0.3, -0.25) is 0 Å². The molecule has 1 saturated heterocycles. The molecule has 1 fully saturated rings. The van der Waals surface area contributed by atoms with E-state index in [1.165, 1.54) is 5.56 Å². The Bertz CT molecular complexity index is 1120. The number of anilines is 2. The van der Waals surface area contributed by atoms with Crippen LogP contribution in [0.3, 0.4) is 0 Å². The number of carbonyl (C=O) groups is 1. The second-order valence-electron chi connectivity index (χ2n) is 8.77. The molecule has 172 valence electrons. The summed E-state index contributed by atoms with van der Waals surface area (Å²) in [6.07, 6.45) is 0. The fraction of sp³-hybridized carbons (Fsp3) is 0.346. The molecule has 2 amide bonds. The predicted octanol–water partition coefficient (Wildman–Crippen LogP) is 5.89. The lowest BCUT2D eigenvalue weighted by Gasteiger charge is -2.36. The Balaban J connectivity index is 1.43. The minimum Gasteiger partial charge on any atom is -0.353 e. The Labute approximate surface area is 200 Å². The van der Waals surface area contributed by atoms with Crippen LogP contribution >= 0.6 is 11.6 Å². The SMILES string of the molecule is Cc1nc(-c2ccc(Cl)cc2)nc(N2CCN(C(=O)Nc3ccc(C(C)C)cc3)CC2)c1C. The van der Waals surface area contributed by atoms with E-state index in [0.717, 1.165) is 41.4 Å². The van der Waals surface area contributed by atoms with Crippen molar-refractivity contribution in [3.05, 3.63) is 70.4 Å². The van der Waals surface area contributed by atoms with Gasteiger partial charge in [0.1, 0.15) is 5.82 Å². The molecule has 1 N–H and O–H groups in total. The maximum atomic E-state index is 12.8. The number of hydrogen-bond donors (Lipinski definition) is 1. The summed E-state index contributed by atoms with van der Waals surface area (Å²) in [5.41, 5.74) is 5.04. The molecular formula is C26H30ClN5O. The Morgan fingerprint density at radius 2 is 1.58 bits per heavy atom. The molecule has 6 nitrogen and oxygen atoms in total. The number of amides is 2. The minimum atomic E-state index is -0.0654. The van der Waals surface area contributed by atoms with Crippen LogP contribution in [0.25, 0.3) is 11.4 Å². The average Bonchev–Trinajstić information content (AvgIpc) is 2.82. The van der Waals surface area contributed by atoms with Crippen LogP contribution in [0.4, 0.5) is 16.3 Å². The van der Waals surface area contributed by atoms with Gasteiger partial charge >= 0.3 is 6.03 Å². The van der Waals surface area contributed by atoms with E-state index in [0.29, 0.717) is 29.9 Å². The molecule has 0 spiro atoms. The largest absolute Gasteiger partial charge is 0.353 e. The summed E-state index contributed by atoms with van der Waals surface area (Å²) in [5.74, 6) is 2.09. The van der Waals surface area contributed by atoms with Gasteiger partial charge in [0, 0.05) is 53.7 Å². The number of aryl methyl sites for hydroxylation is 1. The Morgan fingerprint density at radius 1 is 0.939 bits per heavy atom. The van der Waals surface area contributed by atoms with Crippen molar-refractivity contribution < 1.29 is 4.79 Å². The van der Waals surface area contributed by atoms with Gasteiger partial charge in [0.2, 0.25) is 0 Å². The lowest BCUT2D eigenvalue weighted by Crippen LogP contribution is -2.50. The van der Waals surface area contributed by atoms with Crippen molar-refractivity contribution in [3.63, 3.8) is 0 Å². The molecule has 2 heterocycles. The molecule has 1 aliphatic heterocycles. The van der Waals surface area contributed by atoms with Gasteiger partial charge in [-0.05, 0) is 61.7 Å². The molecule has 2 aromatic carbocycles. The van der Waals surface area contributed by atoms with E-state index in [1.54, 1.807) is 0 Å². The lowest BCUT2D eigenvalue weighted by atomic mass is 10.0. The highest BCUT2D eigenvalue weighted by molar-refractivity contribution is 6.30. The summed E-state index contributed by atoms with van der Waals surface area (Å²) in [4.78, 5) is 26.4. The van der Waals surface area contributed by atoms with Crippen LogP contribution < -0.4 is 10.2 Å². The standard InChI is InChI=1S/C26H30ClN5O/c1-17(2)20-7-11-23(12-8-20)29-26(33)32-15-13-31(14-16-32)25-18(3)19(4)28-24(30-25)21-5-9-22(27)10-6-21/h5-12,17H,13-16H2,1-4H3,(H,29,33). The zero-order valence-electron chi connectivity index (χ0n) is 19.6. The van der Waals surface area contributed by atoms with E-state index in [4.69, 9.17) is 16.6 Å². The third-order valence-corrected chi connectivity index (χ3v) is 6.41. The van der Waals surface area contributed by atoms with Gasteiger partial charge in [0.25, 0.3) is 0 Å². The van der Waals surface area contributed by atoms with Gasteiger partial charge in [-0.15, -0.1) is 0 Å². The Hall–Kier alpha value is -3.12. The molecule has 0 saturated carbocycles. The molecule has 1 aliphatic rings. The van der Waals surface area contributed by atoms with Crippen molar-refractivity contribution >= 4 is 29.1 Å². The van der Waals surface area contributed by atoms with Gasteiger partial charge in [-0.2, -0.15) is 0 Å². The maximum absolute atomic E-state index is 12.8. The third-order valence-electron chi connectivity index (χ3n) is 6.16. The minimum absolute atomic E-state index is 0.0654. The molecule has 0 aliphatic carbocycles. The number of nitrogens with zero attached hydrogens (tertiary/aromatic N) is 4. The highest BCUT2D eigenvalue weighted by Gasteiger charge is 2.24. The Kier molecular flexibility index (Phi) is 6.84. The summed E-state index contributed by atoms with van der Waals surface area (Å²) < 4.78 is 0. The number of halogens is 1. The van der Waals surface area contributed by atoms with Gasteiger partial charge < -0.3 is 15.1 Å². The van der Waals surface area contributed by atoms with Gasteiger partial charge in [-0.1, -0.05) is 37.6 Å². The first-order chi connectivity index (χ1) is 15.8. The van der Waals surface area contributed by atoms with Crippen LogP contribution in [0.15, 0.2) is 48.5 Å². The first-order valence-corrected chi connectivity index (χ1v) is 11.7. The zero-order chi connectivity index (χ0) is 23.5. The number of piperazine rings is 1. The molecule has 3 aromatic rings. The van der Waals surface area contributed by atoms with Crippen molar-refractivity contribution in [2.75, 3.05) is 36.4 Å². The van der Waals surface area contributed by atoms with Crippen LogP contribution in [-0.4, -0.2) is 47.1 Å². The van der Waals surface area contributed by atoms with Crippen molar-refractivity contribution in [1.82, 2.24) is 14.9 Å². The van der Waals surface area contributed by atoms with Crippen LogP contribution in [0.1, 0.15) is 36.6 Å². The smallest absolute Gasteiger partial charge is 0.321 e. The molecule has 0 atom stereocenters. The van der Waals surface area contributed by atoms with Crippen molar-refractivity contribution in [2.24, 2.45) is 0 Å². The van der Waals surface area contributed by atoms with E-state index in [9.17, 15) is 4.79 Å². The number of hydrogen-bond acceptors (Lipinski definition) is 4. The fourth-order valence-corrected chi connectivity index (χ4v) is 4.05. The Morgan fingerprint density at radius 3 is 2.18 bits per heavy atom. The molecule has 0 unspecified atom stereocenters. The van der Waals surface area contributed by atoms with Crippen LogP contribution in [0, 0.1) is 13.8 Å². The zero-order valence-corrected chi connectivity index (χ0v) is 20.4. The molecule has 1 aromatic heterocycles. The molecule has 0 bridgehead atoms. The molecule has 0 radical (unpaired) electrons. The van der Waals surface area contributed by atoms with Crippen LogP contribution in [-0.2, 0) is 0 Å². The van der Waals surface area contributed by atoms with Crippen LogP contribution in [0.2, 0.25) is 5.02 Å². The van der Waals surface area contributed by atoms with Crippen LogP contribution in [0.5, 0.6) is 0 Å². The number of urea groups is 1. The monoisotopic (exact) mass is 463 g/mol. The number of benzene rings is 2. The summed E-state index contributed by atoms with van der Waals surface area (Å²) in [6, 6.07) is 15.6. The third kappa shape index (κ3) is 5.28. The number of aromatic nitrogens is 2. The highest BCUT2D eigenvalue weighted by atomic mass is 35.5. The van der Waals surface area contributed by atoms with E-state index in [-0.39, 0.29) is 6.03 Å². The van der Waals surface area contributed by atoms with E-state index in [2.05, 4.69) is 48.1 Å². The summed E-state index contributed by atoms with van der Waals surface area (Å²) in [6.45, 7) is 11.1. The van der Waals surface area contributed by atoms with Gasteiger partial charge in [0.15, 0.2) is 5.82 Å². The van der Waals surface area contributed by atoms with Crippen molar-refractivity contribution in [3.8, 4) is 11.4 Å². The highest BCUT2D eigenvalue weighted by Crippen LogP contribution is 2.26.